The minimum Gasteiger partial charge on any atom is -0.470 e. The van der Waals surface area contributed by atoms with E-state index in [2.05, 4.69) is 5.32 Å². The van der Waals surface area contributed by atoms with E-state index in [1.54, 1.807) is 34.1 Å². The monoisotopic (exact) mass is 408 g/mol. The molecule has 0 radical (unpaired) electrons. The van der Waals surface area contributed by atoms with E-state index < -0.39 is 6.09 Å². The number of anilines is 2. The molecule has 152 valence electrons. The van der Waals surface area contributed by atoms with Crippen molar-refractivity contribution in [2.45, 2.75) is 6.10 Å². The van der Waals surface area contributed by atoms with Gasteiger partial charge in [-0.3, -0.25) is 9.80 Å². The van der Waals surface area contributed by atoms with E-state index in [4.69, 9.17) is 26.4 Å². The van der Waals surface area contributed by atoms with Gasteiger partial charge in [-0.15, -0.1) is 0 Å². The Bertz CT molecular complexity index is 727. The van der Waals surface area contributed by atoms with Crippen LogP contribution in [0.25, 0.3) is 0 Å². The van der Waals surface area contributed by atoms with Gasteiger partial charge in [-0.2, -0.15) is 0 Å². The van der Waals surface area contributed by atoms with Crippen molar-refractivity contribution in [3.05, 3.63) is 24.3 Å². The molecular formula is C18H24N4O5S. The molecule has 1 N–H and O–H groups in total. The second kappa shape index (κ2) is 9.07. The highest BCUT2D eigenvalue weighted by Crippen LogP contribution is 2.26. The summed E-state index contributed by atoms with van der Waals surface area (Å²) in [5.74, 6) is 0. The summed E-state index contributed by atoms with van der Waals surface area (Å²) in [5.41, 5.74) is 1.44. The average Bonchev–Trinajstić information content (AvgIpc) is 3.25. The first-order chi connectivity index (χ1) is 13.4. The van der Waals surface area contributed by atoms with Gasteiger partial charge in [-0.05, 0) is 50.6 Å². The first kappa shape index (κ1) is 20.2. The number of thiocarbonyl (C=S) groups is 1. The van der Waals surface area contributed by atoms with Crippen molar-refractivity contribution in [2.75, 3.05) is 63.3 Å². The number of cyclic esters (lactones) is 2. The molecule has 28 heavy (non-hydrogen) atoms. The molecule has 2 amide bonds. The molecule has 1 aromatic rings. The molecule has 2 fully saturated rings. The Morgan fingerprint density at radius 2 is 1.89 bits per heavy atom. The summed E-state index contributed by atoms with van der Waals surface area (Å²) in [5, 5.41) is 3.26. The number of ether oxygens (including phenoxy) is 3. The van der Waals surface area contributed by atoms with Crippen LogP contribution in [0.5, 0.6) is 0 Å². The third kappa shape index (κ3) is 5.02. The lowest BCUT2D eigenvalue weighted by Gasteiger charge is -2.16. The molecule has 1 aromatic carbocycles. The highest BCUT2D eigenvalue weighted by atomic mass is 32.1. The van der Waals surface area contributed by atoms with Crippen LogP contribution in [0.2, 0.25) is 0 Å². The molecule has 2 saturated heterocycles. The number of carbonyl (C=O) groups excluding carboxylic acids is 2. The summed E-state index contributed by atoms with van der Waals surface area (Å²) in [7, 11) is 3.91. The molecule has 0 saturated carbocycles. The minimum atomic E-state index is -0.417. The second-order valence-electron chi connectivity index (χ2n) is 6.72. The third-order valence-electron chi connectivity index (χ3n) is 4.35. The smallest absolute Gasteiger partial charge is 0.414 e. The van der Waals surface area contributed by atoms with Crippen LogP contribution in [0.15, 0.2) is 24.3 Å². The predicted octanol–water partition coefficient (Wildman–Crippen LogP) is 1.42. The van der Waals surface area contributed by atoms with Gasteiger partial charge >= 0.3 is 12.2 Å². The maximum atomic E-state index is 12.2. The summed E-state index contributed by atoms with van der Waals surface area (Å²) >= 11 is 5.12. The summed E-state index contributed by atoms with van der Waals surface area (Å²) in [6, 6.07) is 7.14. The summed E-state index contributed by atoms with van der Waals surface area (Å²) < 4.78 is 15.7. The summed E-state index contributed by atoms with van der Waals surface area (Å²) in [6.45, 7) is 2.94. The van der Waals surface area contributed by atoms with Crippen molar-refractivity contribution in [2.24, 2.45) is 0 Å². The van der Waals surface area contributed by atoms with Crippen LogP contribution in [0.4, 0.5) is 21.0 Å². The molecule has 9 nitrogen and oxygen atoms in total. The molecule has 0 bridgehead atoms. The molecule has 1 atom stereocenters. The Morgan fingerprint density at radius 3 is 2.50 bits per heavy atom. The molecule has 2 aliphatic heterocycles. The number of likely N-dealkylation sites (N-methyl/N-ethyl adjacent to an activating group) is 1. The highest BCUT2D eigenvalue weighted by Gasteiger charge is 2.32. The van der Waals surface area contributed by atoms with Crippen LogP contribution in [0.1, 0.15) is 0 Å². The van der Waals surface area contributed by atoms with E-state index in [-0.39, 0.29) is 12.2 Å². The van der Waals surface area contributed by atoms with Crippen molar-refractivity contribution in [3.8, 4) is 0 Å². The zero-order valence-corrected chi connectivity index (χ0v) is 16.7. The van der Waals surface area contributed by atoms with E-state index in [1.165, 1.54) is 0 Å². The Morgan fingerprint density at radius 1 is 1.21 bits per heavy atom. The molecule has 0 unspecified atom stereocenters. The molecule has 0 aliphatic carbocycles. The van der Waals surface area contributed by atoms with Gasteiger partial charge in [0.2, 0.25) is 0 Å². The van der Waals surface area contributed by atoms with Gasteiger partial charge in [0, 0.05) is 17.9 Å². The number of amides is 2. The van der Waals surface area contributed by atoms with E-state index >= 15 is 0 Å². The van der Waals surface area contributed by atoms with Gasteiger partial charge in [-0.1, -0.05) is 0 Å². The number of carbonyl (C=O) groups is 2. The number of nitrogens with zero attached hydrogens (tertiary/aromatic N) is 3. The first-order valence-electron chi connectivity index (χ1n) is 9.02. The fourth-order valence-corrected chi connectivity index (χ4v) is 3.01. The summed E-state index contributed by atoms with van der Waals surface area (Å²) in [4.78, 5) is 28.9. The number of rotatable bonds is 7. The average molecular weight is 408 g/mol. The lowest BCUT2D eigenvalue weighted by molar-refractivity contribution is 0.141. The zero-order valence-electron chi connectivity index (χ0n) is 15.9. The Kier molecular flexibility index (Phi) is 6.53. The van der Waals surface area contributed by atoms with E-state index in [0.717, 1.165) is 12.2 Å². The van der Waals surface area contributed by atoms with Gasteiger partial charge in [0.05, 0.1) is 19.6 Å². The number of hydrogen-bond acceptors (Lipinski definition) is 7. The quantitative estimate of drug-likeness (QED) is 0.679. The highest BCUT2D eigenvalue weighted by molar-refractivity contribution is 7.80. The standard InChI is InChI=1S/C18H24N4O5S/c1-20(2)7-9-25-16(28)19-11-15-12-22(18(24)27-15)14-5-3-13(4-6-14)21-8-10-26-17(21)23/h3-6,15H,7-12H2,1-2H3,(H,19,28)/t15-/m0/s1. The van der Waals surface area contributed by atoms with Crippen molar-refractivity contribution < 1.29 is 23.8 Å². The lowest BCUT2D eigenvalue weighted by Crippen LogP contribution is -2.35. The zero-order chi connectivity index (χ0) is 20.1. The van der Waals surface area contributed by atoms with E-state index in [9.17, 15) is 9.59 Å². The molecule has 0 aromatic heterocycles. The Hall–Kier alpha value is -2.59. The minimum absolute atomic E-state index is 0.290. The SMILES string of the molecule is CN(C)CCOC(=S)NC[C@H]1CN(c2ccc(N3CCOC3=O)cc2)C(=O)O1. The van der Waals surface area contributed by atoms with Crippen molar-refractivity contribution in [1.29, 1.82) is 0 Å². The normalized spacial score (nSPS) is 19.0. The van der Waals surface area contributed by atoms with Gasteiger partial charge < -0.3 is 24.4 Å². The van der Waals surface area contributed by atoms with E-state index in [1.807, 2.05) is 19.0 Å². The molecule has 2 heterocycles. The maximum Gasteiger partial charge on any atom is 0.414 e. The Labute approximate surface area is 169 Å². The van der Waals surface area contributed by atoms with Gasteiger partial charge in [0.25, 0.3) is 5.17 Å². The van der Waals surface area contributed by atoms with Crippen LogP contribution in [-0.2, 0) is 14.2 Å². The van der Waals surface area contributed by atoms with Gasteiger partial charge in [0.15, 0.2) is 0 Å². The van der Waals surface area contributed by atoms with Crippen LogP contribution in [-0.4, -0.2) is 81.9 Å². The second-order valence-corrected chi connectivity index (χ2v) is 7.09. The van der Waals surface area contributed by atoms with Crippen molar-refractivity contribution in [3.63, 3.8) is 0 Å². The number of benzene rings is 1. The van der Waals surface area contributed by atoms with Crippen molar-refractivity contribution >= 4 is 41.0 Å². The molecule has 10 heteroatoms. The van der Waals surface area contributed by atoms with Gasteiger partial charge in [0.1, 0.15) is 19.3 Å². The molecule has 0 spiro atoms. The lowest BCUT2D eigenvalue weighted by atomic mass is 10.2. The predicted molar refractivity (Wildman–Crippen MR) is 108 cm³/mol. The van der Waals surface area contributed by atoms with Crippen LogP contribution in [0, 0.1) is 0 Å². The van der Waals surface area contributed by atoms with Crippen LogP contribution >= 0.6 is 12.2 Å². The van der Waals surface area contributed by atoms with Crippen LogP contribution in [0.3, 0.4) is 0 Å². The molecular weight excluding hydrogens is 384 g/mol. The molecule has 3 rings (SSSR count). The fourth-order valence-electron chi connectivity index (χ4n) is 2.85. The van der Waals surface area contributed by atoms with Gasteiger partial charge in [-0.25, -0.2) is 9.59 Å². The third-order valence-corrected chi connectivity index (χ3v) is 4.62. The fraction of sp³-hybridized carbons (Fsp3) is 0.500. The summed E-state index contributed by atoms with van der Waals surface area (Å²) in [6.07, 6.45) is -1.11. The first-order valence-corrected chi connectivity index (χ1v) is 9.43. The molecule has 2 aliphatic rings. The largest absolute Gasteiger partial charge is 0.470 e. The van der Waals surface area contributed by atoms with Crippen molar-refractivity contribution in [1.82, 2.24) is 10.2 Å². The van der Waals surface area contributed by atoms with Crippen LogP contribution < -0.4 is 15.1 Å². The number of nitrogens with one attached hydrogen (secondary N) is 1. The number of hydrogen-bond donors (Lipinski definition) is 1. The van der Waals surface area contributed by atoms with E-state index in [0.29, 0.717) is 43.7 Å². The topological polar surface area (TPSA) is 83.6 Å². The Balaban J connectivity index is 1.49. The maximum absolute atomic E-state index is 12.2.